The molecule has 0 unspecified atom stereocenters. The Balaban J connectivity index is 1.65. The van der Waals surface area contributed by atoms with Crippen LogP contribution in [0.25, 0.3) is 0 Å². The van der Waals surface area contributed by atoms with Crippen LogP contribution >= 0.6 is 15.9 Å². The highest BCUT2D eigenvalue weighted by atomic mass is 79.9. The molecule has 2 aromatic rings. The van der Waals surface area contributed by atoms with Crippen molar-refractivity contribution in [3.05, 3.63) is 64.1 Å². The third-order valence-corrected chi connectivity index (χ3v) is 4.49. The first kappa shape index (κ1) is 14.3. The number of carbonyl (C=O) groups is 1. The van der Waals surface area contributed by atoms with Gasteiger partial charge in [0.2, 0.25) is 0 Å². The molecule has 108 valence electrons. The van der Waals surface area contributed by atoms with Crippen molar-refractivity contribution in [3.63, 3.8) is 0 Å². The van der Waals surface area contributed by atoms with Gasteiger partial charge in [0.25, 0.3) is 0 Å². The number of hydrogen-bond acceptors (Lipinski definition) is 2. The molecule has 1 aliphatic carbocycles. The van der Waals surface area contributed by atoms with Crippen molar-refractivity contribution >= 4 is 21.7 Å². The van der Waals surface area contributed by atoms with Gasteiger partial charge in [0.05, 0.1) is 6.61 Å². The normalized spacial score (nSPS) is 20.1. The van der Waals surface area contributed by atoms with E-state index in [2.05, 4.69) is 22.9 Å². The summed E-state index contributed by atoms with van der Waals surface area (Å²) in [6, 6.07) is 14.8. The van der Waals surface area contributed by atoms with Crippen LogP contribution < -0.4 is 4.74 Å². The number of rotatable bonds is 5. The molecule has 2 aromatic carbocycles. The van der Waals surface area contributed by atoms with E-state index in [1.807, 2.05) is 48.5 Å². The topological polar surface area (TPSA) is 26.3 Å². The predicted molar refractivity (Wildman–Crippen MR) is 86.8 cm³/mol. The zero-order valence-corrected chi connectivity index (χ0v) is 13.5. The molecule has 0 bridgehead atoms. The monoisotopic (exact) mass is 344 g/mol. The number of hydrogen-bond donors (Lipinski definition) is 0. The molecular formula is C18H17BrO2. The highest BCUT2D eigenvalue weighted by Gasteiger charge is 2.32. The second-order valence-corrected chi connectivity index (χ2v) is 6.56. The molecule has 3 heteroatoms. The Morgan fingerprint density at radius 1 is 1.10 bits per heavy atom. The van der Waals surface area contributed by atoms with E-state index in [1.54, 1.807) is 0 Å². The van der Waals surface area contributed by atoms with E-state index in [-0.39, 0.29) is 5.78 Å². The third-order valence-electron chi connectivity index (χ3n) is 3.96. The summed E-state index contributed by atoms with van der Waals surface area (Å²) in [6.45, 7) is 3.02. The van der Waals surface area contributed by atoms with E-state index < -0.39 is 0 Å². The van der Waals surface area contributed by atoms with Gasteiger partial charge >= 0.3 is 0 Å². The Hall–Kier alpha value is -1.61. The highest BCUT2D eigenvalue weighted by Crippen LogP contribution is 2.37. The van der Waals surface area contributed by atoms with Gasteiger partial charge in [-0.3, -0.25) is 4.79 Å². The van der Waals surface area contributed by atoms with E-state index in [0.717, 1.165) is 22.7 Å². The Kier molecular flexibility index (Phi) is 4.11. The summed E-state index contributed by atoms with van der Waals surface area (Å²) in [5, 5.41) is 0. The van der Waals surface area contributed by atoms with Crippen LogP contribution in [0.5, 0.6) is 5.75 Å². The first-order valence-electron chi connectivity index (χ1n) is 7.16. The van der Waals surface area contributed by atoms with Crippen molar-refractivity contribution in [2.45, 2.75) is 13.3 Å². The second-order valence-electron chi connectivity index (χ2n) is 5.64. The average Bonchev–Trinajstić information content (AvgIpc) is 3.21. The van der Waals surface area contributed by atoms with E-state index >= 15 is 0 Å². The van der Waals surface area contributed by atoms with Crippen molar-refractivity contribution in [2.24, 2.45) is 11.8 Å². The minimum atomic E-state index is 0.0323. The Bertz CT molecular complexity index is 631. The second kappa shape index (κ2) is 6.02. The van der Waals surface area contributed by atoms with Gasteiger partial charge in [0.1, 0.15) is 5.75 Å². The highest BCUT2D eigenvalue weighted by molar-refractivity contribution is 9.10. The summed E-state index contributed by atoms with van der Waals surface area (Å²) in [5.41, 5.74) is 1.38. The molecule has 0 N–H and O–H groups in total. The van der Waals surface area contributed by atoms with Gasteiger partial charge < -0.3 is 4.74 Å². The molecule has 2 nitrogen and oxygen atoms in total. The van der Waals surface area contributed by atoms with Gasteiger partial charge in [0.15, 0.2) is 5.78 Å². The SMILES string of the molecule is C[C@H]1C[C@@H]1COc1ccc(C(=O)c2ccc(Br)cc2)cc1. The van der Waals surface area contributed by atoms with Crippen molar-refractivity contribution in [1.82, 2.24) is 0 Å². The maximum absolute atomic E-state index is 12.3. The standard InChI is InChI=1S/C18H17BrO2/c1-12-10-15(12)11-21-17-8-4-14(5-9-17)18(20)13-2-6-16(19)7-3-13/h2-9,12,15H,10-11H2,1H3/t12-,15+/m0/s1. The Morgan fingerprint density at radius 3 is 2.14 bits per heavy atom. The fourth-order valence-corrected chi connectivity index (χ4v) is 2.57. The quantitative estimate of drug-likeness (QED) is 0.734. The first-order chi connectivity index (χ1) is 10.1. The predicted octanol–water partition coefficient (Wildman–Crippen LogP) is 4.71. The molecule has 0 heterocycles. The van der Waals surface area contributed by atoms with E-state index in [9.17, 15) is 4.79 Å². The summed E-state index contributed by atoms with van der Waals surface area (Å²) in [6.07, 6.45) is 1.26. The summed E-state index contributed by atoms with van der Waals surface area (Å²) >= 11 is 3.37. The zero-order chi connectivity index (χ0) is 14.8. The Labute approximate surface area is 133 Å². The van der Waals surface area contributed by atoms with E-state index in [4.69, 9.17) is 4.74 Å². The maximum atomic E-state index is 12.3. The summed E-state index contributed by atoms with van der Waals surface area (Å²) < 4.78 is 6.71. The third kappa shape index (κ3) is 3.53. The van der Waals surface area contributed by atoms with Crippen molar-refractivity contribution in [2.75, 3.05) is 6.61 Å². The average molecular weight is 345 g/mol. The lowest BCUT2D eigenvalue weighted by molar-refractivity contribution is 0.103. The molecule has 1 saturated carbocycles. The molecule has 1 fully saturated rings. The molecule has 0 aliphatic heterocycles. The van der Waals surface area contributed by atoms with Gasteiger partial charge in [-0.25, -0.2) is 0 Å². The molecule has 1 aliphatic rings. The van der Waals surface area contributed by atoms with Crippen molar-refractivity contribution in [1.29, 1.82) is 0 Å². The van der Waals surface area contributed by atoms with Crippen LogP contribution in [0.1, 0.15) is 29.3 Å². The number of halogens is 1. The zero-order valence-electron chi connectivity index (χ0n) is 11.9. The fourth-order valence-electron chi connectivity index (χ4n) is 2.31. The van der Waals surface area contributed by atoms with Crippen LogP contribution in [0.4, 0.5) is 0 Å². The molecular weight excluding hydrogens is 328 g/mol. The molecule has 21 heavy (non-hydrogen) atoms. The van der Waals surface area contributed by atoms with Gasteiger partial charge in [-0.05, 0) is 66.8 Å². The summed E-state index contributed by atoms with van der Waals surface area (Å²) in [7, 11) is 0. The van der Waals surface area contributed by atoms with Crippen molar-refractivity contribution < 1.29 is 9.53 Å². The smallest absolute Gasteiger partial charge is 0.193 e. The summed E-state index contributed by atoms with van der Waals surface area (Å²) in [5.74, 6) is 2.36. The van der Waals surface area contributed by atoms with Gasteiger partial charge in [-0.15, -0.1) is 0 Å². The lowest BCUT2D eigenvalue weighted by atomic mass is 10.0. The minimum absolute atomic E-state index is 0.0323. The van der Waals surface area contributed by atoms with Crippen molar-refractivity contribution in [3.8, 4) is 5.75 Å². The molecule has 0 spiro atoms. The lowest BCUT2D eigenvalue weighted by Crippen LogP contribution is -2.03. The van der Waals surface area contributed by atoms with Crippen LogP contribution in [0.15, 0.2) is 53.0 Å². The molecule has 0 radical (unpaired) electrons. The van der Waals surface area contributed by atoms with Gasteiger partial charge in [-0.2, -0.15) is 0 Å². The number of carbonyl (C=O) groups excluding carboxylic acids is 1. The molecule has 0 saturated heterocycles. The number of ketones is 1. The van der Waals surface area contributed by atoms with Gasteiger partial charge in [-0.1, -0.05) is 22.9 Å². The molecule has 3 rings (SSSR count). The Morgan fingerprint density at radius 2 is 1.62 bits per heavy atom. The van der Waals surface area contributed by atoms with Crippen LogP contribution in [0, 0.1) is 11.8 Å². The number of benzene rings is 2. The van der Waals surface area contributed by atoms with Crippen LogP contribution in [-0.2, 0) is 0 Å². The summed E-state index contributed by atoms with van der Waals surface area (Å²) in [4.78, 5) is 12.3. The van der Waals surface area contributed by atoms with Gasteiger partial charge in [0, 0.05) is 15.6 Å². The maximum Gasteiger partial charge on any atom is 0.193 e. The van der Waals surface area contributed by atoms with E-state index in [1.165, 1.54) is 6.42 Å². The number of ether oxygens (including phenoxy) is 1. The fraction of sp³-hybridized carbons (Fsp3) is 0.278. The minimum Gasteiger partial charge on any atom is -0.493 e. The molecule has 0 amide bonds. The molecule has 0 aromatic heterocycles. The van der Waals surface area contributed by atoms with E-state index in [0.29, 0.717) is 17.0 Å². The first-order valence-corrected chi connectivity index (χ1v) is 7.96. The van der Waals surface area contributed by atoms with Crippen LogP contribution in [0.3, 0.4) is 0 Å². The van der Waals surface area contributed by atoms with Crippen LogP contribution in [-0.4, -0.2) is 12.4 Å². The lowest BCUT2D eigenvalue weighted by Gasteiger charge is -2.06. The largest absolute Gasteiger partial charge is 0.493 e. The molecule has 2 atom stereocenters. The van der Waals surface area contributed by atoms with Crippen LogP contribution in [0.2, 0.25) is 0 Å².